The highest BCUT2D eigenvalue weighted by atomic mass is 16.5. The minimum absolute atomic E-state index is 0.245. The SMILES string of the molecule is CC(C)c1noc(-c2ccnc(NC3CCN(C(C)(C)C)CC3)c2)n1. The fourth-order valence-corrected chi connectivity index (χ4v) is 3.13. The molecular formula is C19H29N5O. The lowest BCUT2D eigenvalue weighted by molar-refractivity contribution is 0.106. The number of likely N-dealkylation sites (tertiary alicyclic amines) is 1. The summed E-state index contributed by atoms with van der Waals surface area (Å²) in [6.45, 7) is 13.2. The Morgan fingerprint density at radius 3 is 2.56 bits per heavy atom. The maximum atomic E-state index is 5.39. The summed E-state index contributed by atoms with van der Waals surface area (Å²) >= 11 is 0. The number of hydrogen-bond donors (Lipinski definition) is 1. The van der Waals surface area contributed by atoms with Crippen LogP contribution in [0.15, 0.2) is 22.9 Å². The minimum Gasteiger partial charge on any atom is -0.367 e. The van der Waals surface area contributed by atoms with Gasteiger partial charge in [-0.25, -0.2) is 4.98 Å². The van der Waals surface area contributed by atoms with Crippen LogP contribution in [-0.4, -0.2) is 44.7 Å². The lowest BCUT2D eigenvalue weighted by Crippen LogP contribution is -2.48. The normalized spacial score (nSPS) is 17.2. The maximum Gasteiger partial charge on any atom is 0.258 e. The molecule has 0 atom stereocenters. The van der Waals surface area contributed by atoms with Crippen LogP contribution in [0.1, 0.15) is 59.2 Å². The van der Waals surface area contributed by atoms with Gasteiger partial charge in [0.1, 0.15) is 5.82 Å². The Morgan fingerprint density at radius 2 is 1.96 bits per heavy atom. The summed E-state index contributed by atoms with van der Waals surface area (Å²) < 4.78 is 5.39. The van der Waals surface area contributed by atoms with Crippen LogP contribution in [0, 0.1) is 0 Å². The average molecular weight is 343 g/mol. The number of aromatic nitrogens is 3. The molecule has 3 rings (SSSR count). The van der Waals surface area contributed by atoms with Gasteiger partial charge < -0.3 is 9.84 Å². The lowest BCUT2D eigenvalue weighted by atomic mass is 9.98. The largest absolute Gasteiger partial charge is 0.367 e. The van der Waals surface area contributed by atoms with Gasteiger partial charge in [0, 0.05) is 42.3 Å². The molecule has 0 aromatic carbocycles. The van der Waals surface area contributed by atoms with Gasteiger partial charge in [0.15, 0.2) is 5.82 Å². The summed E-state index contributed by atoms with van der Waals surface area (Å²) in [5.74, 6) is 2.41. The van der Waals surface area contributed by atoms with E-state index >= 15 is 0 Å². The van der Waals surface area contributed by atoms with Gasteiger partial charge in [0.2, 0.25) is 0 Å². The molecule has 3 heterocycles. The lowest BCUT2D eigenvalue weighted by Gasteiger charge is -2.41. The molecule has 6 heteroatoms. The molecule has 6 nitrogen and oxygen atoms in total. The van der Waals surface area contributed by atoms with Crippen molar-refractivity contribution in [2.75, 3.05) is 18.4 Å². The van der Waals surface area contributed by atoms with E-state index in [2.05, 4.69) is 60.0 Å². The van der Waals surface area contributed by atoms with Crippen LogP contribution in [0.4, 0.5) is 5.82 Å². The first-order valence-electron chi connectivity index (χ1n) is 9.14. The van der Waals surface area contributed by atoms with E-state index in [1.165, 1.54) is 0 Å². The van der Waals surface area contributed by atoms with Crippen LogP contribution < -0.4 is 5.32 Å². The zero-order chi connectivity index (χ0) is 18.0. The third kappa shape index (κ3) is 4.37. The van der Waals surface area contributed by atoms with E-state index in [4.69, 9.17) is 4.52 Å². The first kappa shape index (κ1) is 17.9. The molecule has 0 bridgehead atoms. The van der Waals surface area contributed by atoms with Crippen molar-refractivity contribution in [3.63, 3.8) is 0 Å². The summed E-state index contributed by atoms with van der Waals surface area (Å²) in [7, 11) is 0. The fourth-order valence-electron chi connectivity index (χ4n) is 3.13. The third-order valence-corrected chi connectivity index (χ3v) is 4.76. The second kappa shape index (κ2) is 7.12. The van der Waals surface area contributed by atoms with E-state index in [0.717, 1.165) is 43.1 Å². The number of nitrogens with zero attached hydrogens (tertiary/aromatic N) is 4. The zero-order valence-electron chi connectivity index (χ0n) is 15.9. The van der Waals surface area contributed by atoms with Gasteiger partial charge in [0.05, 0.1) is 0 Å². The third-order valence-electron chi connectivity index (χ3n) is 4.76. The van der Waals surface area contributed by atoms with Crippen molar-refractivity contribution >= 4 is 5.82 Å². The van der Waals surface area contributed by atoms with E-state index in [1.807, 2.05) is 12.1 Å². The van der Waals surface area contributed by atoms with E-state index in [0.29, 0.717) is 11.9 Å². The van der Waals surface area contributed by atoms with Gasteiger partial charge in [0.25, 0.3) is 5.89 Å². The van der Waals surface area contributed by atoms with Crippen molar-refractivity contribution in [2.45, 2.75) is 65.0 Å². The summed E-state index contributed by atoms with van der Waals surface area (Å²) in [5, 5.41) is 7.60. The van der Waals surface area contributed by atoms with Gasteiger partial charge in [-0.3, -0.25) is 4.90 Å². The molecule has 136 valence electrons. The number of hydrogen-bond acceptors (Lipinski definition) is 6. The highest BCUT2D eigenvalue weighted by molar-refractivity contribution is 5.58. The molecule has 1 aliphatic rings. The molecule has 1 N–H and O–H groups in total. The van der Waals surface area contributed by atoms with Crippen molar-refractivity contribution < 1.29 is 4.52 Å². The van der Waals surface area contributed by atoms with Crippen LogP contribution in [-0.2, 0) is 0 Å². The maximum absolute atomic E-state index is 5.39. The van der Waals surface area contributed by atoms with Crippen molar-refractivity contribution in [1.29, 1.82) is 0 Å². The molecule has 0 radical (unpaired) electrons. The van der Waals surface area contributed by atoms with Gasteiger partial charge in [-0.05, 0) is 45.7 Å². The summed E-state index contributed by atoms with van der Waals surface area (Å²) in [6, 6.07) is 4.36. The number of nitrogens with one attached hydrogen (secondary N) is 1. The Balaban J connectivity index is 1.64. The second-order valence-electron chi connectivity index (χ2n) is 8.12. The van der Waals surface area contributed by atoms with Crippen LogP contribution in [0.3, 0.4) is 0 Å². The van der Waals surface area contributed by atoms with Gasteiger partial charge >= 0.3 is 0 Å². The van der Waals surface area contributed by atoms with E-state index in [1.54, 1.807) is 6.20 Å². The smallest absolute Gasteiger partial charge is 0.258 e. The van der Waals surface area contributed by atoms with E-state index in [-0.39, 0.29) is 11.5 Å². The monoisotopic (exact) mass is 343 g/mol. The second-order valence-corrected chi connectivity index (χ2v) is 8.12. The summed E-state index contributed by atoms with van der Waals surface area (Å²) in [5.41, 5.74) is 1.15. The van der Waals surface area contributed by atoms with Gasteiger partial charge in [-0.1, -0.05) is 19.0 Å². The molecule has 25 heavy (non-hydrogen) atoms. The average Bonchev–Trinajstić information content (AvgIpc) is 3.05. The Labute approximate surface area is 150 Å². The molecular weight excluding hydrogens is 314 g/mol. The molecule has 1 aliphatic heterocycles. The molecule has 1 saturated heterocycles. The van der Waals surface area contributed by atoms with Crippen molar-refractivity contribution in [3.8, 4) is 11.5 Å². The first-order chi connectivity index (χ1) is 11.8. The summed E-state index contributed by atoms with van der Waals surface area (Å²) in [6.07, 6.45) is 4.05. The number of piperidine rings is 1. The van der Waals surface area contributed by atoms with Gasteiger partial charge in [-0.15, -0.1) is 0 Å². The van der Waals surface area contributed by atoms with Gasteiger partial charge in [-0.2, -0.15) is 4.98 Å². The number of rotatable bonds is 4. The van der Waals surface area contributed by atoms with Crippen molar-refractivity contribution in [3.05, 3.63) is 24.2 Å². The molecule has 0 unspecified atom stereocenters. The van der Waals surface area contributed by atoms with Crippen LogP contribution in [0.5, 0.6) is 0 Å². The fraction of sp³-hybridized carbons (Fsp3) is 0.632. The number of pyridine rings is 1. The zero-order valence-corrected chi connectivity index (χ0v) is 15.9. The van der Waals surface area contributed by atoms with Crippen molar-refractivity contribution in [1.82, 2.24) is 20.0 Å². The Kier molecular flexibility index (Phi) is 5.08. The predicted octanol–water partition coefficient (Wildman–Crippen LogP) is 3.93. The van der Waals surface area contributed by atoms with Crippen LogP contribution in [0.2, 0.25) is 0 Å². The van der Waals surface area contributed by atoms with Crippen LogP contribution in [0.25, 0.3) is 11.5 Å². The first-order valence-corrected chi connectivity index (χ1v) is 9.14. The predicted molar refractivity (Wildman–Crippen MR) is 99.6 cm³/mol. The number of anilines is 1. The standard InChI is InChI=1S/C19H29N5O/c1-13(2)17-22-18(25-23-17)14-6-9-20-16(12-14)21-15-7-10-24(11-8-15)19(3,4)5/h6,9,12-13,15H,7-8,10-11H2,1-5H3,(H,20,21). The molecule has 0 amide bonds. The molecule has 0 spiro atoms. The molecule has 2 aromatic heterocycles. The molecule has 0 saturated carbocycles. The quantitative estimate of drug-likeness (QED) is 0.907. The Morgan fingerprint density at radius 1 is 1.24 bits per heavy atom. The minimum atomic E-state index is 0.245. The molecule has 1 fully saturated rings. The topological polar surface area (TPSA) is 67.1 Å². The van der Waals surface area contributed by atoms with E-state index < -0.39 is 0 Å². The van der Waals surface area contributed by atoms with Crippen molar-refractivity contribution in [2.24, 2.45) is 0 Å². The highest BCUT2D eigenvalue weighted by Crippen LogP contribution is 2.24. The molecule has 2 aromatic rings. The van der Waals surface area contributed by atoms with E-state index in [9.17, 15) is 0 Å². The Bertz CT molecular complexity index is 696. The molecule has 0 aliphatic carbocycles. The Hall–Kier alpha value is -1.95. The van der Waals surface area contributed by atoms with Crippen LogP contribution >= 0.6 is 0 Å². The highest BCUT2D eigenvalue weighted by Gasteiger charge is 2.27. The summed E-state index contributed by atoms with van der Waals surface area (Å²) in [4.78, 5) is 11.5.